The molecular formula is C9H17BF2NO+. The van der Waals surface area contributed by atoms with E-state index in [1.54, 1.807) is 0 Å². The van der Waals surface area contributed by atoms with Gasteiger partial charge in [-0.05, 0) is 18.8 Å². The van der Waals surface area contributed by atoms with Crippen LogP contribution in [0.1, 0.15) is 12.8 Å². The fraction of sp³-hybridized carbons (Fsp3) is 1.00. The Labute approximate surface area is 83.8 Å². The summed E-state index contributed by atoms with van der Waals surface area (Å²) in [5.41, 5.74) is 0. The molecule has 0 spiro atoms. The number of likely N-dealkylation sites (tertiary alicyclic amines) is 1. The fourth-order valence-corrected chi connectivity index (χ4v) is 2.47. The Morgan fingerprint density at radius 1 is 1.14 bits per heavy atom. The second-order valence-electron chi connectivity index (χ2n) is 4.48. The van der Waals surface area contributed by atoms with E-state index in [0.717, 1.165) is 55.9 Å². The number of halogens is 2. The first-order valence-electron chi connectivity index (χ1n) is 5.45. The molecule has 2 aliphatic heterocycles. The van der Waals surface area contributed by atoms with Crippen molar-refractivity contribution in [3.63, 3.8) is 0 Å². The lowest BCUT2D eigenvalue weighted by Crippen LogP contribution is -3.14. The van der Waals surface area contributed by atoms with Gasteiger partial charge in [0, 0.05) is 5.92 Å². The smallest absolute Gasteiger partial charge is 0.381 e. The molecule has 0 aromatic heterocycles. The van der Waals surface area contributed by atoms with E-state index in [0.29, 0.717) is 0 Å². The predicted octanol–water partition coefficient (Wildman–Crippen LogP) is -0.106. The first-order chi connectivity index (χ1) is 6.75. The molecule has 2 fully saturated rings. The van der Waals surface area contributed by atoms with Gasteiger partial charge < -0.3 is 9.64 Å². The second-order valence-corrected chi connectivity index (χ2v) is 4.48. The van der Waals surface area contributed by atoms with Crippen molar-refractivity contribution in [3.05, 3.63) is 0 Å². The second kappa shape index (κ2) is 4.58. The minimum atomic E-state index is -2.14. The third kappa shape index (κ3) is 2.45. The van der Waals surface area contributed by atoms with Gasteiger partial charge >= 0.3 is 7.27 Å². The Bertz CT molecular complexity index is 182. The standard InChI is InChI=1S/C9H16BF2NO/c11-10(12)7-13-3-1-8(2-4-13)9-5-14-6-9/h8-9H,1-7H2/p+1. The summed E-state index contributed by atoms with van der Waals surface area (Å²) in [4.78, 5) is 1.08. The van der Waals surface area contributed by atoms with Gasteiger partial charge in [0.1, 0.15) is 6.44 Å². The van der Waals surface area contributed by atoms with Crippen molar-refractivity contribution in [2.24, 2.45) is 11.8 Å². The third-order valence-corrected chi connectivity index (χ3v) is 3.51. The molecule has 0 saturated carbocycles. The summed E-state index contributed by atoms with van der Waals surface area (Å²) in [7, 11) is -2.14. The molecule has 1 N–H and O–H groups in total. The molecule has 0 aromatic carbocycles. The number of nitrogens with one attached hydrogen (secondary N) is 1. The fourth-order valence-electron chi connectivity index (χ4n) is 2.47. The van der Waals surface area contributed by atoms with E-state index < -0.39 is 7.27 Å². The van der Waals surface area contributed by atoms with Gasteiger partial charge in [0.2, 0.25) is 0 Å². The molecule has 5 heteroatoms. The SMILES string of the molecule is FB(F)C[NH+]1CCC(C2COC2)CC1. The minimum absolute atomic E-state index is 0.0356. The molecule has 0 unspecified atom stereocenters. The number of piperidine rings is 1. The van der Waals surface area contributed by atoms with Crippen LogP contribution in [0.3, 0.4) is 0 Å². The predicted molar refractivity (Wildman–Crippen MR) is 50.6 cm³/mol. The maximum absolute atomic E-state index is 12.1. The van der Waals surface area contributed by atoms with Gasteiger partial charge in [-0.2, -0.15) is 0 Å². The topological polar surface area (TPSA) is 13.7 Å². The van der Waals surface area contributed by atoms with Crippen molar-refractivity contribution >= 4 is 7.27 Å². The molecule has 2 nitrogen and oxygen atoms in total. The van der Waals surface area contributed by atoms with Gasteiger partial charge in [-0.3, -0.25) is 8.63 Å². The van der Waals surface area contributed by atoms with Crippen LogP contribution in [0.5, 0.6) is 0 Å². The molecule has 80 valence electrons. The zero-order valence-corrected chi connectivity index (χ0v) is 8.35. The number of rotatable bonds is 3. The molecule has 2 heterocycles. The monoisotopic (exact) mass is 204 g/mol. The molecule has 0 aromatic rings. The van der Waals surface area contributed by atoms with Crippen LogP contribution in [0, 0.1) is 11.8 Å². The minimum Gasteiger partial charge on any atom is -0.381 e. The lowest BCUT2D eigenvalue weighted by atomic mass is 9.82. The molecule has 0 bridgehead atoms. The molecule has 0 radical (unpaired) electrons. The van der Waals surface area contributed by atoms with E-state index in [4.69, 9.17) is 4.74 Å². The van der Waals surface area contributed by atoms with Crippen molar-refractivity contribution in [1.82, 2.24) is 0 Å². The van der Waals surface area contributed by atoms with Gasteiger partial charge in [0.25, 0.3) is 0 Å². The third-order valence-electron chi connectivity index (χ3n) is 3.51. The zero-order chi connectivity index (χ0) is 9.97. The first kappa shape index (κ1) is 10.4. The largest absolute Gasteiger partial charge is 0.592 e. The van der Waals surface area contributed by atoms with Gasteiger partial charge in [-0.25, -0.2) is 0 Å². The summed E-state index contributed by atoms with van der Waals surface area (Å²) in [5.74, 6) is 1.47. The van der Waals surface area contributed by atoms with Gasteiger partial charge in [0.05, 0.1) is 26.3 Å². The van der Waals surface area contributed by atoms with E-state index in [-0.39, 0.29) is 6.44 Å². The van der Waals surface area contributed by atoms with Crippen molar-refractivity contribution in [1.29, 1.82) is 0 Å². The summed E-state index contributed by atoms with van der Waals surface area (Å²) < 4.78 is 29.4. The van der Waals surface area contributed by atoms with Crippen LogP contribution in [-0.4, -0.2) is 40.0 Å². The summed E-state index contributed by atoms with van der Waals surface area (Å²) in [6.07, 6.45) is 2.25. The number of quaternary nitrogens is 1. The van der Waals surface area contributed by atoms with Crippen molar-refractivity contribution < 1.29 is 18.3 Å². The lowest BCUT2D eigenvalue weighted by molar-refractivity contribution is -0.897. The molecule has 14 heavy (non-hydrogen) atoms. The van der Waals surface area contributed by atoms with E-state index in [1.165, 1.54) is 0 Å². The number of ether oxygens (including phenoxy) is 1. The lowest BCUT2D eigenvalue weighted by Gasteiger charge is -2.37. The van der Waals surface area contributed by atoms with Crippen molar-refractivity contribution in [3.8, 4) is 0 Å². The average molecular weight is 204 g/mol. The van der Waals surface area contributed by atoms with Crippen molar-refractivity contribution in [2.45, 2.75) is 12.8 Å². The van der Waals surface area contributed by atoms with Gasteiger partial charge in [0.15, 0.2) is 0 Å². The maximum atomic E-state index is 12.1. The van der Waals surface area contributed by atoms with Crippen LogP contribution in [0.15, 0.2) is 0 Å². The van der Waals surface area contributed by atoms with Crippen LogP contribution in [-0.2, 0) is 4.74 Å². The highest BCUT2D eigenvalue weighted by atomic mass is 19.2. The Morgan fingerprint density at radius 2 is 1.79 bits per heavy atom. The molecule has 0 amide bonds. The summed E-state index contributed by atoms with van der Waals surface area (Å²) in [6.45, 7) is 3.64. The van der Waals surface area contributed by atoms with Crippen LogP contribution in [0.2, 0.25) is 0 Å². The van der Waals surface area contributed by atoms with E-state index in [1.807, 2.05) is 0 Å². The highest BCUT2D eigenvalue weighted by Crippen LogP contribution is 2.26. The van der Waals surface area contributed by atoms with Crippen LogP contribution in [0.25, 0.3) is 0 Å². The van der Waals surface area contributed by atoms with Crippen molar-refractivity contribution in [2.75, 3.05) is 32.7 Å². The highest BCUT2D eigenvalue weighted by molar-refractivity contribution is 6.42. The first-order valence-corrected chi connectivity index (χ1v) is 5.45. The number of hydrogen-bond donors (Lipinski definition) is 1. The normalized spacial score (nSPS) is 33.9. The van der Waals surface area contributed by atoms with Crippen LogP contribution >= 0.6 is 0 Å². The van der Waals surface area contributed by atoms with Gasteiger partial charge in [-0.1, -0.05) is 0 Å². The quantitative estimate of drug-likeness (QED) is 0.633. The Balaban J connectivity index is 1.69. The summed E-state index contributed by atoms with van der Waals surface area (Å²) in [5, 5.41) is 0. The maximum Gasteiger partial charge on any atom is 0.592 e. The highest BCUT2D eigenvalue weighted by Gasteiger charge is 2.34. The molecule has 2 aliphatic rings. The van der Waals surface area contributed by atoms with E-state index in [2.05, 4.69) is 0 Å². The average Bonchev–Trinajstić information content (AvgIpc) is 2.04. The van der Waals surface area contributed by atoms with Gasteiger partial charge in [-0.15, -0.1) is 0 Å². The Hall–Kier alpha value is -0.155. The van der Waals surface area contributed by atoms with E-state index in [9.17, 15) is 8.63 Å². The molecule has 0 aliphatic carbocycles. The Kier molecular flexibility index (Phi) is 3.39. The molecule has 0 atom stereocenters. The molecule has 2 rings (SSSR count). The molecular weight excluding hydrogens is 187 g/mol. The Morgan fingerprint density at radius 3 is 2.21 bits per heavy atom. The van der Waals surface area contributed by atoms with E-state index >= 15 is 0 Å². The zero-order valence-electron chi connectivity index (χ0n) is 8.35. The van der Waals surface area contributed by atoms with Crippen LogP contribution in [0.4, 0.5) is 8.63 Å². The summed E-state index contributed by atoms with van der Waals surface area (Å²) >= 11 is 0. The molecule has 2 saturated heterocycles. The van der Waals surface area contributed by atoms with Crippen LogP contribution < -0.4 is 4.90 Å². The summed E-state index contributed by atoms with van der Waals surface area (Å²) in [6, 6.07) is 0. The number of hydrogen-bond acceptors (Lipinski definition) is 1.